The molecule has 1 aliphatic heterocycles. The van der Waals surface area contributed by atoms with Crippen molar-refractivity contribution in [2.24, 2.45) is 0 Å². The minimum atomic E-state index is -0.348. The van der Waals surface area contributed by atoms with Crippen LogP contribution in [0.3, 0.4) is 0 Å². The number of hydrogen-bond donors (Lipinski definition) is 1. The molecule has 1 aliphatic rings. The molecule has 4 aromatic rings. The van der Waals surface area contributed by atoms with Crippen LogP contribution in [0.25, 0.3) is 21.8 Å². The minimum Gasteiger partial charge on any atom is -0.305 e. The summed E-state index contributed by atoms with van der Waals surface area (Å²) in [5.74, 6) is -0.165. The Hall–Kier alpha value is -3.25. The van der Waals surface area contributed by atoms with E-state index in [2.05, 4.69) is 16.0 Å². The normalized spacial score (nSPS) is 15.5. The number of ketones is 1. The van der Waals surface area contributed by atoms with Gasteiger partial charge < -0.3 is 9.88 Å². The molecule has 1 N–H and O–H groups in total. The van der Waals surface area contributed by atoms with Crippen LogP contribution in [-0.2, 0) is 0 Å². The number of piperidine rings is 1. The standard InChI is InChI=1S/C26H26FN3O2/c27-21-9-10-24-23(17-21)28-26(32)30(24)22-11-14-29(15-12-22)13-3-6-25(31)20-8-7-18-4-1-2-5-19(18)16-20/h1-2,4-5,7-10,16-17,22H,3,6,11-15H2,(H,28,32). The Morgan fingerprint density at radius 1 is 1.00 bits per heavy atom. The number of hydrogen-bond acceptors (Lipinski definition) is 3. The van der Waals surface area contributed by atoms with E-state index in [4.69, 9.17) is 0 Å². The molecule has 0 spiro atoms. The maximum Gasteiger partial charge on any atom is 0.326 e. The van der Waals surface area contributed by atoms with Crippen LogP contribution in [0.15, 0.2) is 65.5 Å². The van der Waals surface area contributed by atoms with E-state index in [-0.39, 0.29) is 23.3 Å². The average molecular weight is 432 g/mol. The lowest BCUT2D eigenvalue weighted by Gasteiger charge is -2.32. The summed E-state index contributed by atoms with van der Waals surface area (Å²) in [5.41, 5.74) is 1.91. The van der Waals surface area contributed by atoms with Crippen molar-refractivity contribution in [3.63, 3.8) is 0 Å². The largest absolute Gasteiger partial charge is 0.326 e. The third kappa shape index (κ3) is 4.10. The van der Waals surface area contributed by atoms with E-state index in [9.17, 15) is 14.0 Å². The lowest BCUT2D eigenvalue weighted by molar-refractivity contribution is 0.0970. The highest BCUT2D eigenvalue weighted by atomic mass is 19.1. The van der Waals surface area contributed by atoms with Crippen LogP contribution in [0.5, 0.6) is 0 Å². The number of carbonyl (C=O) groups excluding carboxylic acids is 1. The number of imidazole rings is 1. The van der Waals surface area contributed by atoms with Gasteiger partial charge >= 0.3 is 5.69 Å². The van der Waals surface area contributed by atoms with Crippen LogP contribution in [0.4, 0.5) is 4.39 Å². The number of nitrogens with one attached hydrogen (secondary N) is 1. The SMILES string of the molecule is O=C(CCCN1CCC(n2c(=O)[nH]c3cc(F)ccc32)CC1)c1ccc2ccccc2c1. The van der Waals surface area contributed by atoms with Crippen molar-refractivity contribution in [1.82, 2.24) is 14.5 Å². The fourth-order valence-electron chi connectivity index (χ4n) is 4.84. The minimum absolute atomic E-state index is 0.109. The molecule has 1 saturated heterocycles. The van der Waals surface area contributed by atoms with Gasteiger partial charge in [-0.2, -0.15) is 0 Å². The zero-order valence-corrected chi connectivity index (χ0v) is 17.9. The summed E-state index contributed by atoms with van der Waals surface area (Å²) in [7, 11) is 0. The molecule has 0 amide bonds. The van der Waals surface area contributed by atoms with Crippen molar-refractivity contribution >= 4 is 27.6 Å². The number of H-pyrrole nitrogens is 1. The van der Waals surface area contributed by atoms with Crippen LogP contribution in [-0.4, -0.2) is 39.9 Å². The van der Waals surface area contributed by atoms with E-state index in [0.717, 1.165) is 60.7 Å². The van der Waals surface area contributed by atoms with E-state index in [1.165, 1.54) is 12.1 Å². The third-order valence-electron chi connectivity index (χ3n) is 6.55. The summed E-state index contributed by atoms with van der Waals surface area (Å²) >= 11 is 0. The third-order valence-corrected chi connectivity index (χ3v) is 6.55. The second-order valence-corrected chi connectivity index (χ2v) is 8.62. The lowest BCUT2D eigenvalue weighted by atomic mass is 10.0. The van der Waals surface area contributed by atoms with Gasteiger partial charge in [-0.3, -0.25) is 9.36 Å². The molecule has 1 fully saturated rings. The topological polar surface area (TPSA) is 58.1 Å². The first-order valence-electron chi connectivity index (χ1n) is 11.2. The van der Waals surface area contributed by atoms with Gasteiger partial charge in [0, 0.05) is 31.1 Å². The molecule has 0 atom stereocenters. The molecule has 5 nitrogen and oxygen atoms in total. The number of nitrogens with zero attached hydrogens (tertiary/aromatic N) is 2. The number of aromatic nitrogens is 2. The van der Waals surface area contributed by atoms with Crippen molar-refractivity contribution in [2.45, 2.75) is 31.7 Å². The zero-order valence-electron chi connectivity index (χ0n) is 17.9. The summed E-state index contributed by atoms with van der Waals surface area (Å²) in [6.45, 7) is 2.64. The van der Waals surface area contributed by atoms with E-state index >= 15 is 0 Å². The highest BCUT2D eigenvalue weighted by Gasteiger charge is 2.23. The number of Topliss-reactive ketones (excluding diaryl/α,β-unsaturated/α-hetero) is 1. The van der Waals surface area contributed by atoms with Crippen LogP contribution in [0.2, 0.25) is 0 Å². The molecule has 3 aromatic carbocycles. The Labute approximate surface area is 185 Å². The Bertz CT molecular complexity index is 1330. The summed E-state index contributed by atoms with van der Waals surface area (Å²) in [5, 5.41) is 2.24. The molecule has 164 valence electrons. The van der Waals surface area contributed by atoms with Gasteiger partial charge in [-0.1, -0.05) is 36.4 Å². The first-order valence-corrected chi connectivity index (χ1v) is 11.2. The van der Waals surface area contributed by atoms with E-state index in [1.807, 2.05) is 36.4 Å². The molecule has 2 heterocycles. The fourth-order valence-corrected chi connectivity index (χ4v) is 4.84. The van der Waals surface area contributed by atoms with E-state index < -0.39 is 0 Å². The molecule has 1 aromatic heterocycles. The first-order chi connectivity index (χ1) is 15.6. The molecule has 0 bridgehead atoms. The molecule has 0 aliphatic carbocycles. The summed E-state index contributed by atoms with van der Waals surface area (Å²) in [6.07, 6.45) is 3.08. The summed E-state index contributed by atoms with van der Waals surface area (Å²) < 4.78 is 15.2. The number of likely N-dealkylation sites (tertiary alicyclic amines) is 1. The summed E-state index contributed by atoms with van der Waals surface area (Å²) in [6, 6.07) is 18.5. The van der Waals surface area contributed by atoms with Gasteiger partial charge in [0.15, 0.2) is 5.78 Å². The Kier molecular flexibility index (Phi) is 5.62. The summed E-state index contributed by atoms with van der Waals surface area (Å²) in [4.78, 5) is 30.2. The number of fused-ring (bicyclic) bond motifs is 2. The van der Waals surface area contributed by atoms with Crippen molar-refractivity contribution in [3.8, 4) is 0 Å². The Morgan fingerprint density at radius 3 is 2.59 bits per heavy atom. The highest BCUT2D eigenvalue weighted by molar-refractivity contribution is 5.99. The van der Waals surface area contributed by atoms with Crippen LogP contribution >= 0.6 is 0 Å². The van der Waals surface area contributed by atoms with Crippen molar-refractivity contribution < 1.29 is 9.18 Å². The molecule has 0 radical (unpaired) electrons. The van der Waals surface area contributed by atoms with Gasteiger partial charge in [0.1, 0.15) is 5.82 Å². The van der Waals surface area contributed by atoms with Crippen LogP contribution < -0.4 is 5.69 Å². The molecule has 0 unspecified atom stereocenters. The smallest absolute Gasteiger partial charge is 0.305 e. The van der Waals surface area contributed by atoms with Gasteiger partial charge in [-0.15, -0.1) is 0 Å². The molecule has 5 rings (SSSR count). The van der Waals surface area contributed by atoms with Crippen molar-refractivity contribution in [2.75, 3.05) is 19.6 Å². The second-order valence-electron chi connectivity index (χ2n) is 8.62. The number of rotatable bonds is 6. The molecular weight excluding hydrogens is 405 g/mol. The van der Waals surface area contributed by atoms with Crippen molar-refractivity contribution in [3.05, 3.63) is 82.5 Å². The fraction of sp³-hybridized carbons (Fsp3) is 0.308. The second kappa shape index (κ2) is 8.71. The molecule has 32 heavy (non-hydrogen) atoms. The predicted molar refractivity (Wildman–Crippen MR) is 125 cm³/mol. The quantitative estimate of drug-likeness (QED) is 0.441. The maximum atomic E-state index is 13.5. The van der Waals surface area contributed by atoms with Gasteiger partial charge in [0.25, 0.3) is 0 Å². The van der Waals surface area contributed by atoms with E-state index in [0.29, 0.717) is 11.9 Å². The van der Waals surface area contributed by atoms with Gasteiger partial charge in [-0.05, 0) is 60.8 Å². The van der Waals surface area contributed by atoms with E-state index in [1.54, 1.807) is 10.6 Å². The molecule has 6 heteroatoms. The lowest BCUT2D eigenvalue weighted by Crippen LogP contribution is -2.37. The number of aromatic amines is 1. The highest BCUT2D eigenvalue weighted by Crippen LogP contribution is 2.25. The Balaban J connectivity index is 1.15. The van der Waals surface area contributed by atoms with Gasteiger partial charge in [0.2, 0.25) is 0 Å². The number of carbonyl (C=O) groups is 1. The monoisotopic (exact) mass is 431 g/mol. The molecule has 0 saturated carbocycles. The predicted octanol–water partition coefficient (Wildman–Crippen LogP) is 4.92. The number of halogens is 1. The number of benzene rings is 3. The van der Waals surface area contributed by atoms with Crippen LogP contribution in [0.1, 0.15) is 42.1 Å². The van der Waals surface area contributed by atoms with Crippen LogP contribution in [0, 0.1) is 5.82 Å². The Morgan fingerprint density at radius 2 is 1.78 bits per heavy atom. The maximum absolute atomic E-state index is 13.5. The molecular formula is C26H26FN3O2. The van der Waals surface area contributed by atoms with Gasteiger partial charge in [0.05, 0.1) is 11.0 Å². The van der Waals surface area contributed by atoms with Gasteiger partial charge in [-0.25, -0.2) is 9.18 Å². The average Bonchev–Trinajstić information content (AvgIpc) is 3.13. The zero-order chi connectivity index (χ0) is 22.1. The first kappa shape index (κ1) is 20.6. The van der Waals surface area contributed by atoms with Crippen molar-refractivity contribution in [1.29, 1.82) is 0 Å².